The molecule has 1 N–H and O–H groups in total. The van der Waals surface area contributed by atoms with Crippen LogP contribution in [0.15, 0.2) is 24.3 Å². The van der Waals surface area contributed by atoms with Crippen molar-refractivity contribution < 1.29 is 4.74 Å². The third kappa shape index (κ3) is 2.47. The highest BCUT2D eigenvalue weighted by atomic mass is 35.5. The van der Waals surface area contributed by atoms with Gasteiger partial charge in [0.15, 0.2) is 0 Å². The highest BCUT2D eigenvalue weighted by Gasteiger charge is 2.02. The molecule has 0 fully saturated rings. The van der Waals surface area contributed by atoms with Crippen LogP contribution in [0.4, 0.5) is 0 Å². The van der Waals surface area contributed by atoms with Gasteiger partial charge in [0.25, 0.3) is 0 Å². The van der Waals surface area contributed by atoms with Gasteiger partial charge in [-0.2, -0.15) is 0 Å². The van der Waals surface area contributed by atoms with Gasteiger partial charge in [-0.05, 0) is 13.0 Å². The molecule has 5 heteroatoms. The second-order valence-electron chi connectivity index (χ2n) is 3.09. The van der Waals surface area contributed by atoms with Crippen molar-refractivity contribution in [2.75, 3.05) is 0 Å². The van der Waals surface area contributed by atoms with Crippen LogP contribution in [0.2, 0.25) is 0 Å². The van der Waals surface area contributed by atoms with E-state index in [2.05, 4.69) is 15.2 Å². The number of rotatable bonds is 3. The van der Waals surface area contributed by atoms with Gasteiger partial charge in [0, 0.05) is 17.8 Å². The van der Waals surface area contributed by atoms with Crippen molar-refractivity contribution in [1.29, 1.82) is 0 Å². The number of H-pyrrole nitrogens is 1. The Hall–Kier alpha value is -1.55. The molecule has 0 aliphatic heterocycles. The van der Waals surface area contributed by atoms with Crippen LogP contribution < -0.4 is 4.74 Å². The van der Waals surface area contributed by atoms with Crippen molar-refractivity contribution in [1.82, 2.24) is 15.2 Å². The number of halogens is 1. The molecule has 0 spiro atoms. The van der Waals surface area contributed by atoms with E-state index in [0.29, 0.717) is 17.6 Å². The standard InChI is InChI=1S/C10H10ClN3O/c1-7-5-10(14-13-7)15-9-4-2-3-8(6-11)12-9/h2-5H,6H2,1H3,(H,13,14). The van der Waals surface area contributed by atoms with Crippen LogP contribution in [0.1, 0.15) is 11.4 Å². The summed E-state index contributed by atoms with van der Waals surface area (Å²) in [5.74, 6) is 1.38. The molecule has 0 radical (unpaired) electrons. The Balaban J connectivity index is 2.16. The minimum atomic E-state index is 0.372. The molecule has 2 heterocycles. The molecular weight excluding hydrogens is 214 g/mol. The van der Waals surface area contributed by atoms with Crippen LogP contribution in [0.25, 0.3) is 0 Å². The number of nitrogens with one attached hydrogen (secondary N) is 1. The van der Waals surface area contributed by atoms with Gasteiger partial charge >= 0.3 is 0 Å². The van der Waals surface area contributed by atoms with E-state index in [9.17, 15) is 0 Å². The van der Waals surface area contributed by atoms with E-state index < -0.39 is 0 Å². The summed E-state index contributed by atoms with van der Waals surface area (Å²) in [5.41, 5.74) is 1.72. The van der Waals surface area contributed by atoms with Crippen molar-refractivity contribution in [3.8, 4) is 11.8 Å². The Bertz CT molecular complexity index is 455. The summed E-state index contributed by atoms with van der Waals surface area (Å²) in [7, 11) is 0. The van der Waals surface area contributed by atoms with Gasteiger partial charge in [0.2, 0.25) is 11.8 Å². The smallest absolute Gasteiger partial charge is 0.240 e. The lowest BCUT2D eigenvalue weighted by Gasteiger charge is -2.01. The second-order valence-corrected chi connectivity index (χ2v) is 3.36. The largest absolute Gasteiger partial charge is 0.419 e. The number of hydrogen-bond acceptors (Lipinski definition) is 3. The Labute approximate surface area is 92.3 Å². The first-order chi connectivity index (χ1) is 7.28. The van der Waals surface area contributed by atoms with E-state index >= 15 is 0 Å². The summed E-state index contributed by atoms with van der Waals surface area (Å²) in [6.07, 6.45) is 0. The van der Waals surface area contributed by atoms with Gasteiger partial charge in [-0.25, -0.2) is 4.98 Å². The highest BCUT2D eigenvalue weighted by Crippen LogP contribution is 2.17. The molecule has 0 aliphatic rings. The normalized spacial score (nSPS) is 10.3. The molecule has 4 nitrogen and oxygen atoms in total. The van der Waals surface area contributed by atoms with Crippen LogP contribution in [0.5, 0.6) is 11.8 Å². The van der Waals surface area contributed by atoms with Crippen LogP contribution in [-0.4, -0.2) is 15.2 Å². The van der Waals surface area contributed by atoms with Crippen molar-refractivity contribution in [2.24, 2.45) is 0 Å². The number of alkyl halides is 1. The summed E-state index contributed by atoms with van der Waals surface area (Å²) in [5, 5.41) is 6.73. The fourth-order valence-corrected chi connectivity index (χ4v) is 1.29. The number of nitrogens with zero attached hydrogens (tertiary/aromatic N) is 2. The van der Waals surface area contributed by atoms with Crippen LogP contribution in [0.3, 0.4) is 0 Å². The molecule has 2 aromatic heterocycles. The van der Waals surface area contributed by atoms with E-state index in [0.717, 1.165) is 11.4 Å². The molecule has 0 atom stereocenters. The Morgan fingerprint density at radius 1 is 1.40 bits per heavy atom. The molecule has 2 rings (SSSR count). The lowest BCUT2D eigenvalue weighted by Crippen LogP contribution is -1.91. The van der Waals surface area contributed by atoms with E-state index in [1.165, 1.54) is 0 Å². The third-order valence-corrected chi connectivity index (χ3v) is 2.08. The van der Waals surface area contributed by atoms with Gasteiger partial charge in [-0.3, -0.25) is 5.10 Å². The first-order valence-electron chi connectivity index (χ1n) is 4.49. The minimum absolute atomic E-state index is 0.372. The monoisotopic (exact) mass is 223 g/mol. The number of pyridine rings is 1. The summed E-state index contributed by atoms with van der Waals surface area (Å²) in [4.78, 5) is 4.19. The Morgan fingerprint density at radius 3 is 2.93 bits per heavy atom. The fraction of sp³-hybridized carbons (Fsp3) is 0.200. The maximum atomic E-state index is 5.67. The zero-order chi connectivity index (χ0) is 10.7. The number of aryl methyl sites for hydroxylation is 1. The topological polar surface area (TPSA) is 50.8 Å². The van der Waals surface area contributed by atoms with Crippen LogP contribution >= 0.6 is 11.6 Å². The number of ether oxygens (including phenoxy) is 1. The average molecular weight is 224 g/mol. The maximum absolute atomic E-state index is 5.67. The molecule has 0 saturated carbocycles. The Kier molecular flexibility index (Phi) is 2.87. The summed E-state index contributed by atoms with van der Waals surface area (Å²) in [6, 6.07) is 7.25. The molecule has 78 valence electrons. The van der Waals surface area contributed by atoms with Crippen molar-refractivity contribution in [2.45, 2.75) is 12.8 Å². The molecule has 0 unspecified atom stereocenters. The average Bonchev–Trinajstić information content (AvgIpc) is 2.64. The predicted octanol–water partition coefficient (Wildman–Crippen LogP) is 2.64. The van der Waals surface area contributed by atoms with Crippen LogP contribution in [-0.2, 0) is 5.88 Å². The molecule has 0 saturated heterocycles. The van der Waals surface area contributed by atoms with E-state index in [1.54, 1.807) is 12.1 Å². The predicted molar refractivity (Wildman–Crippen MR) is 57.2 cm³/mol. The van der Waals surface area contributed by atoms with Gasteiger partial charge < -0.3 is 4.74 Å². The first kappa shape index (κ1) is 9.98. The molecule has 15 heavy (non-hydrogen) atoms. The van der Waals surface area contributed by atoms with Gasteiger partial charge in [-0.15, -0.1) is 16.7 Å². The lowest BCUT2D eigenvalue weighted by molar-refractivity contribution is 0.442. The number of aromatic amines is 1. The quantitative estimate of drug-likeness (QED) is 0.814. The van der Waals surface area contributed by atoms with Gasteiger partial charge in [0.1, 0.15) is 0 Å². The molecular formula is C10H10ClN3O. The van der Waals surface area contributed by atoms with Crippen molar-refractivity contribution in [3.05, 3.63) is 35.7 Å². The van der Waals surface area contributed by atoms with E-state index in [1.807, 2.05) is 19.1 Å². The summed E-state index contributed by atoms with van der Waals surface area (Å²) < 4.78 is 5.43. The van der Waals surface area contributed by atoms with Crippen molar-refractivity contribution in [3.63, 3.8) is 0 Å². The van der Waals surface area contributed by atoms with Gasteiger partial charge in [0.05, 0.1) is 11.6 Å². The SMILES string of the molecule is Cc1cc(Oc2cccc(CCl)n2)n[nH]1. The van der Waals surface area contributed by atoms with E-state index in [4.69, 9.17) is 16.3 Å². The number of aromatic nitrogens is 3. The molecule has 0 amide bonds. The molecule has 0 aromatic carbocycles. The van der Waals surface area contributed by atoms with Crippen molar-refractivity contribution >= 4 is 11.6 Å². The van der Waals surface area contributed by atoms with E-state index in [-0.39, 0.29) is 0 Å². The zero-order valence-electron chi connectivity index (χ0n) is 8.20. The fourth-order valence-electron chi connectivity index (χ4n) is 1.14. The lowest BCUT2D eigenvalue weighted by atomic mass is 10.4. The molecule has 0 bridgehead atoms. The minimum Gasteiger partial charge on any atom is -0.419 e. The molecule has 0 aliphatic carbocycles. The summed E-state index contributed by atoms with van der Waals surface area (Å²) >= 11 is 5.67. The maximum Gasteiger partial charge on any atom is 0.240 e. The summed E-state index contributed by atoms with van der Waals surface area (Å²) in [6.45, 7) is 1.91. The van der Waals surface area contributed by atoms with Gasteiger partial charge in [-0.1, -0.05) is 6.07 Å². The number of hydrogen-bond donors (Lipinski definition) is 1. The molecule has 2 aromatic rings. The second kappa shape index (κ2) is 4.31. The third-order valence-electron chi connectivity index (χ3n) is 1.81. The van der Waals surface area contributed by atoms with Crippen LogP contribution in [0, 0.1) is 6.92 Å². The highest BCUT2D eigenvalue weighted by molar-refractivity contribution is 6.16. The first-order valence-corrected chi connectivity index (χ1v) is 5.03. The Morgan fingerprint density at radius 2 is 2.27 bits per heavy atom. The zero-order valence-corrected chi connectivity index (χ0v) is 8.95.